The van der Waals surface area contributed by atoms with Crippen LogP contribution >= 0.6 is 0 Å². The highest BCUT2D eigenvalue weighted by molar-refractivity contribution is 5.98. The van der Waals surface area contributed by atoms with Gasteiger partial charge in [-0.25, -0.2) is 0 Å². The minimum absolute atomic E-state index is 0.0685. The van der Waals surface area contributed by atoms with Gasteiger partial charge in [0.2, 0.25) is 5.91 Å². The summed E-state index contributed by atoms with van der Waals surface area (Å²) in [6, 6.07) is -0.455. The van der Waals surface area contributed by atoms with Crippen LogP contribution in [-0.4, -0.2) is 43.2 Å². The highest BCUT2D eigenvalue weighted by Gasteiger charge is 2.13. The molecule has 0 aromatic carbocycles. The monoisotopic (exact) mass is 211 g/mol. The standard InChI is InChI=1S/C11H21N3O/c1-5-6-7-10(13-3)8-14(4)11(15)9(2)12/h6-7,9H,5,8,12H2,1-4H3/b7-6-,13-10?. The third kappa shape index (κ3) is 5.32. The summed E-state index contributed by atoms with van der Waals surface area (Å²) in [5, 5.41) is 0. The number of aliphatic imine (C=N–C) groups is 1. The molecule has 15 heavy (non-hydrogen) atoms. The molecule has 0 bridgehead atoms. The van der Waals surface area contributed by atoms with Gasteiger partial charge in [0, 0.05) is 14.1 Å². The number of allylic oxidation sites excluding steroid dienone is 1. The predicted molar refractivity (Wildman–Crippen MR) is 64.1 cm³/mol. The van der Waals surface area contributed by atoms with Gasteiger partial charge in [-0.15, -0.1) is 0 Å². The third-order valence-corrected chi connectivity index (χ3v) is 2.00. The molecule has 0 heterocycles. The van der Waals surface area contributed by atoms with Gasteiger partial charge in [0.1, 0.15) is 0 Å². The number of nitrogens with two attached hydrogens (primary N) is 1. The third-order valence-electron chi connectivity index (χ3n) is 2.00. The maximum absolute atomic E-state index is 11.5. The first-order valence-corrected chi connectivity index (χ1v) is 5.15. The zero-order valence-electron chi connectivity index (χ0n) is 10.0. The van der Waals surface area contributed by atoms with E-state index >= 15 is 0 Å². The van der Waals surface area contributed by atoms with Crippen molar-refractivity contribution in [3.8, 4) is 0 Å². The van der Waals surface area contributed by atoms with Crippen molar-refractivity contribution in [1.29, 1.82) is 0 Å². The Labute approximate surface area is 91.9 Å². The van der Waals surface area contributed by atoms with E-state index in [1.54, 1.807) is 25.9 Å². The summed E-state index contributed by atoms with van der Waals surface area (Å²) in [6.45, 7) is 4.25. The summed E-state index contributed by atoms with van der Waals surface area (Å²) in [7, 11) is 3.45. The highest BCUT2D eigenvalue weighted by atomic mass is 16.2. The summed E-state index contributed by atoms with van der Waals surface area (Å²) < 4.78 is 0. The maximum Gasteiger partial charge on any atom is 0.239 e. The molecule has 0 aromatic rings. The number of carbonyl (C=O) groups excluding carboxylic acids is 1. The summed E-state index contributed by atoms with van der Waals surface area (Å²) in [5.74, 6) is -0.0685. The maximum atomic E-state index is 11.5. The molecular weight excluding hydrogens is 190 g/mol. The lowest BCUT2D eigenvalue weighted by Crippen LogP contribution is -2.41. The van der Waals surface area contributed by atoms with Gasteiger partial charge in [-0.3, -0.25) is 9.79 Å². The van der Waals surface area contributed by atoms with Gasteiger partial charge in [0.25, 0.3) is 0 Å². The Morgan fingerprint density at radius 3 is 2.60 bits per heavy atom. The van der Waals surface area contributed by atoms with E-state index in [1.807, 2.05) is 12.2 Å². The molecule has 86 valence electrons. The van der Waals surface area contributed by atoms with E-state index in [0.29, 0.717) is 6.54 Å². The lowest BCUT2D eigenvalue weighted by Gasteiger charge is -2.19. The topological polar surface area (TPSA) is 58.7 Å². The molecular formula is C11H21N3O. The van der Waals surface area contributed by atoms with Gasteiger partial charge in [0.15, 0.2) is 0 Å². The normalized spacial score (nSPS) is 14.3. The molecule has 1 unspecified atom stereocenters. The van der Waals surface area contributed by atoms with Crippen molar-refractivity contribution in [3.05, 3.63) is 12.2 Å². The molecule has 0 aromatic heterocycles. The molecule has 4 nitrogen and oxygen atoms in total. The van der Waals surface area contributed by atoms with Gasteiger partial charge in [-0.05, 0) is 19.4 Å². The smallest absolute Gasteiger partial charge is 0.239 e. The molecule has 0 aliphatic carbocycles. The highest BCUT2D eigenvalue weighted by Crippen LogP contribution is 1.93. The van der Waals surface area contributed by atoms with Crippen LogP contribution in [0.25, 0.3) is 0 Å². The van der Waals surface area contributed by atoms with E-state index < -0.39 is 6.04 Å². The molecule has 0 spiro atoms. The molecule has 0 aliphatic rings. The summed E-state index contributed by atoms with van der Waals surface area (Å²) in [5.41, 5.74) is 6.39. The van der Waals surface area contributed by atoms with Crippen molar-refractivity contribution in [2.75, 3.05) is 20.6 Å². The van der Waals surface area contributed by atoms with Crippen LogP contribution in [0.1, 0.15) is 20.3 Å². The molecule has 0 aliphatic heterocycles. The second kappa shape index (κ2) is 7.17. The zero-order chi connectivity index (χ0) is 11.8. The van der Waals surface area contributed by atoms with E-state index in [9.17, 15) is 4.79 Å². The Hall–Kier alpha value is -1.16. The number of likely N-dealkylation sites (N-methyl/N-ethyl adjacent to an activating group) is 1. The van der Waals surface area contributed by atoms with Crippen molar-refractivity contribution in [1.82, 2.24) is 4.90 Å². The van der Waals surface area contributed by atoms with Gasteiger partial charge < -0.3 is 10.6 Å². The first kappa shape index (κ1) is 13.8. The predicted octanol–water partition coefficient (Wildman–Crippen LogP) is 0.829. The van der Waals surface area contributed by atoms with Gasteiger partial charge in [0.05, 0.1) is 18.3 Å². The van der Waals surface area contributed by atoms with Crippen molar-refractivity contribution in [2.45, 2.75) is 26.3 Å². The van der Waals surface area contributed by atoms with Crippen LogP contribution < -0.4 is 5.73 Å². The van der Waals surface area contributed by atoms with Crippen LogP contribution in [0, 0.1) is 0 Å². The van der Waals surface area contributed by atoms with E-state index in [4.69, 9.17) is 5.73 Å². The summed E-state index contributed by atoms with van der Waals surface area (Å²) in [6.07, 6.45) is 4.92. The van der Waals surface area contributed by atoms with Crippen LogP contribution in [0.3, 0.4) is 0 Å². The molecule has 1 amide bonds. The minimum Gasteiger partial charge on any atom is -0.339 e. The van der Waals surface area contributed by atoms with Gasteiger partial charge in [-0.2, -0.15) is 0 Å². The Balaban J connectivity index is 4.32. The van der Waals surface area contributed by atoms with Crippen LogP contribution in [-0.2, 0) is 4.79 Å². The van der Waals surface area contributed by atoms with E-state index in [2.05, 4.69) is 11.9 Å². The number of hydrogen-bond acceptors (Lipinski definition) is 3. The summed E-state index contributed by atoms with van der Waals surface area (Å²) >= 11 is 0. The molecule has 0 saturated heterocycles. The fourth-order valence-electron chi connectivity index (χ4n) is 1.12. The number of amides is 1. The lowest BCUT2D eigenvalue weighted by atomic mass is 10.2. The van der Waals surface area contributed by atoms with E-state index in [-0.39, 0.29) is 5.91 Å². The average molecular weight is 211 g/mol. The SMILES string of the molecule is CC/C=C\C(CN(C)C(=O)C(C)N)=NC. The van der Waals surface area contributed by atoms with E-state index in [1.165, 1.54) is 0 Å². The number of hydrogen-bond donors (Lipinski definition) is 1. The van der Waals surface area contributed by atoms with Gasteiger partial charge >= 0.3 is 0 Å². The number of rotatable bonds is 5. The Morgan fingerprint density at radius 2 is 2.20 bits per heavy atom. The molecule has 0 saturated carbocycles. The van der Waals surface area contributed by atoms with Crippen molar-refractivity contribution in [2.24, 2.45) is 10.7 Å². The fraction of sp³-hybridized carbons (Fsp3) is 0.636. The minimum atomic E-state index is -0.455. The quantitative estimate of drug-likeness (QED) is 0.685. The zero-order valence-corrected chi connectivity index (χ0v) is 10.0. The molecule has 1 atom stereocenters. The molecule has 0 fully saturated rings. The molecule has 0 rings (SSSR count). The second-order valence-electron chi connectivity index (χ2n) is 3.51. The van der Waals surface area contributed by atoms with E-state index in [0.717, 1.165) is 12.1 Å². The average Bonchev–Trinajstić information content (AvgIpc) is 2.22. The van der Waals surface area contributed by atoms with Crippen molar-refractivity contribution in [3.63, 3.8) is 0 Å². The largest absolute Gasteiger partial charge is 0.339 e. The fourth-order valence-corrected chi connectivity index (χ4v) is 1.12. The molecule has 2 N–H and O–H groups in total. The first-order valence-electron chi connectivity index (χ1n) is 5.15. The van der Waals surface area contributed by atoms with Crippen molar-refractivity contribution >= 4 is 11.6 Å². The summed E-state index contributed by atoms with van der Waals surface area (Å²) in [4.78, 5) is 17.2. The van der Waals surface area contributed by atoms with Crippen LogP contribution in [0.5, 0.6) is 0 Å². The molecule has 4 heteroatoms. The Kier molecular flexibility index (Phi) is 6.62. The lowest BCUT2D eigenvalue weighted by molar-refractivity contribution is -0.130. The first-order chi connectivity index (χ1) is 7.02. The number of nitrogens with zero attached hydrogens (tertiary/aromatic N) is 2. The van der Waals surface area contributed by atoms with Crippen LogP contribution in [0.15, 0.2) is 17.1 Å². The van der Waals surface area contributed by atoms with Crippen LogP contribution in [0.2, 0.25) is 0 Å². The second-order valence-corrected chi connectivity index (χ2v) is 3.51. The Bertz CT molecular complexity index is 257. The van der Waals surface area contributed by atoms with Crippen molar-refractivity contribution < 1.29 is 4.79 Å². The van der Waals surface area contributed by atoms with Crippen LogP contribution in [0.4, 0.5) is 0 Å². The van der Waals surface area contributed by atoms with Gasteiger partial charge in [-0.1, -0.05) is 13.0 Å². The Morgan fingerprint density at radius 1 is 1.60 bits per heavy atom. The number of carbonyl (C=O) groups is 1. The molecule has 0 radical (unpaired) electrons.